The lowest BCUT2D eigenvalue weighted by Gasteiger charge is -2.17. The van der Waals surface area contributed by atoms with Gasteiger partial charge in [0.15, 0.2) is 0 Å². The number of rotatable bonds is 2. The van der Waals surface area contributed by atoms with Gasteiger partial charge in [-0.1, -0.05) is 6.07 Å². The summed E-state index contributed by atoms with van der Waals surface area (Å²) in [6, 6.07) is 3.57. The van der Waals surface area contributed by atoms with Gasteiger partial charge in [0.2, 0.25) is 0 Å². The highest BCUT2D eigenvalue weighted by atomic mass is 19.1. The molecule has 23 heavy (non-hydrogen) atoms. The number of nitrogens with zero attached hydrogens (tertiary/aromatic N) is 3. The van der Waals surface area contributed by atoms with Gasteiger partial charge in [-0.25, -0.2) is 13.8 Å². The Morgan fingerprint density at radius 1 is 1.22 bits per heavy atom. The Labute approximate surface area is 130 Å². The second-order valence-electron chi connectivity index (χ2n) is 5.30. The molecule has 0 aliphatic carbocycles. The number of halogens is 2. The summed E-state index contributed by atoms with van der Waals surface area (Å²) >= 11 is 0. The fourth-order valence-corrected chi connectivity index (χ4v) is 2.46. The van der Waals surface area contributed by atoms with E-state index >= 15 is 0 Å². The Bertz CT molecular complexity index is 966. The summed E-state index contributed by atoms with van der Waals surface area (Å²) in [6.07, 6.45) is 2.38. The van der Waals surface area contributed by atoms with Gasteiger partial charge in [-0.3, -0.25) is 14.3 Å². The van der Waals surface area contributed by atoms with Crippen molar-refractivity contribution in [2.24, 2.45) is 5.73 Å². The molecule has 118 valence electrons. The molecule has 1 atom stereocenters. The van der Waals surface area contributed by atoms with Crippen molar-refractivity contribution in [3.05, 3.63) is 64.0 Å². The molecular weight excluding hydrogens is 302 g/mol. The Kier molecular flexibility index (Phi) is 3.65. The first kappa shape index (κ1) is 15.2. The van der Waals surface area contributed by atoms with E-state index in [1.807, 2.05) is 0 Å². The molecule has 7 heteroatoms. The SMILES string of the molecule is Cc1c(F)cncc1-n1c([C@H](C)N)nc2cccc(F)c2c1=O. The quantitative estimate of drug-likeness (QED) is 0.788. The van der Waals surface area contributed by atoms with E-state index in [2.05, 4.69) is 9.97 Å². The van der Waals surface area contributed by atoms with Crippen LogP contribution in [-0.4, -0.2) is 14.5 Å². The van der Waals surface area contributed by atoms with Gasteiger partial charge in [-0.2, -0.15) is 0 Å². The van der Waals surface area contributed by atoms with E-state index in [4.69, 9.17) is 5.73 Å². The van der Waals surface area contributed by atoms with E-state index in [1.54, 1.807) is 6.92 Å². The Hall–Kier alpha value is -2.67. The van der Waals surface area contributed by atoms with Crippen LogP contribution >= 0.6 is 0 Å². The summed E-state index contributed by atoms with van der Waals surface area (Å²) in [5.74, 6) is -1.05. The van der Waals surface area contributed by atoms with Crippen LogP contribution in [0.15, 0.2) is 35.4 Å². The van der Waals surface area contributed by atoms with Crippen LogP contribution in [-0.2, 0) is 0 Å². The van der Waals surface area contributed by atoms with E-state index in [9.17, 15) is 13.6 Å². The van der Waals surface area contributed by atoms with Crippen molar-refractivity contribution in [3.63, 3.8) is 0 Å². The van der Waals surface area contributed by atoms with E-state index < -0.39 is 23.2 Å². The molecule has 0 bridgehead atoms. The van der Waals surface area contributed by atoms with Crippen molar-refractivity contribution in [2.45, 2.75) is 19.9 Å². The van der Waals surface area contributed by atoms with E-state index in [-0.39, 0.29) is 28.0 Å². The van der Waals surface area contributed by atoms with E-state index in [0.29, 0.717) is 0 Å². The average molecular weight is 316 g/mol. The van der Waals surface area contributed by atoms with Gasteiger partial charge in [0.05, 0.1) is 29.6 Å². The van der Waals surface area contributed by atoms with Crippen molar-refractivity contribution in [1.29, 1.82) is 0 Å². The van der Waals surface area contributed by atoms with Crippen LogP contribution in [0, 0.1) is 18.6 Å². The fraction of sp³-hybridized carbons (Fsp3) is 0.188. The van der Waals surface area contributed by atoms with Crippen molar-refractivity contribution >= 4 is 10.9 Å². The molecule has 0 amide bonds. The van der Waals surface area contributed by atoms with Gasteiger partial charge in [-0.05, 0) is 26.0 Å². The molecule has 3 rings (SSSR count). The smallest absolute Gasteiger partial charge is 0.269 e. The number of hydrogen-bond donors (Lipinski definition) is 1. The van der Waals surface area contributed by atoms with Crippen LogP contribution in [0.1, 0.15) is 24.4 Å². The summed E-state index contributed by atoms with van der Waals surface area (Å²) in [7, 11) is 0. The monoisotopic (exact) mass is 316 g/mol. The third-order valence-corrected chi connectivity index (χ3v) is 3.65. The molecule has 0 unspecified atom stereocenters. The van der Waals surface area contributed by atoms with Crippen LogP contribution in [0.5, 0.6) is 0 Å². The number of fused-ring (bicyclic) bond motifs is 1. The molecule has 2 aromatic heterocycles. The fourth-order valence-electron chi connectivity index (χ4n) is 2.46. The van der Waals surface area contributed by atoms with Crippen molar-refractivity contribution < 1.29 is 8.78 Å². The van der Waals surface area contributed by atoms with Crippen LogP contribution in [0.3, 0.4) is 0 Å². The minimum atomic E-state index is -0.688. The van der Waals surface area contributed by atoms with Crippen LogP contribution in [0.4, 0.5) is 8.78 Å². The van der Waals surface area contributed by atoms with E-state index in [0.717, 1.165) is 10.8 Å². The molecule has 0 aliphatic rings. The number of nitrogens with two attached hydrogens (primary N) is 1. The third-order valence-electron chi connectivity index (χ3n) is 3.65. The zero-order chi connectivity index (χ0) is 16.7. The lowest BCUT2D eigenvalue weighted by Crippen LogP contribution is -2.28. The number of pyridine rings is 1. The zero-order valence-electron chi connectivity index (χ0n) is 12.5. The molecule has 2 heterocycles. The van der Waals surface area contributed by atoms with Crippen molar-refractivity contribution in [2.75, 3.05) is 0 Å². The first-order valence-electron chi connectivity index (χ1n) is 6.99. The molecule has 0 fully saturated rings. The summed E-state index contributed by atoms with van der Waals surface area (Å²) in [4.78, 5) is 20.9. The largest absolute Gasteiger partial charge is 0.322 e. The first-order chi connectivity index (χ1) is 10.9. The Morgan fingerprint density at radius 2 is 1.96 bits per heavy atom. The lowest BCUT2D eigenvalue weighted by molar-refractivity contribution is 0.605. The minimum Gasteiger partial charge on any atom is -0.322 e. The van der Waals surface area contributed by atoms with Crippen molar-refractivity contribution in [3.8, 4) is 5.69 Å². The molecule has 3 aromatic rings. The van der Waals surface area contributed by atoms with Crippen LogP contribution in [0.25, 0.3) is 16.6 Å². The van der Waals surface area contributed by atoms with Crippen LogP contribution < -0.4 is 11.3 Å². The molecule has 0 spiro atoms. The number of benzene rings is 1. The van der Waals surface area contributed by atoms with Gasteiger partial charge < -0.3 is 5.73 Å². The summed E-state index contributed by atoms with van der Waals surface area (Å²) in [5.41, 5.74) is 5.88. The first-order valence-corrected chi connectivity index (χ1v) is 6.99. The molecule has 0 saturated carbocycles. The van der Waals surface area contributed by atoms with Gasteiger partial charge in [0.25, 0.3) is 5.56 Å². The second-order valence-corrected chi connectivity index (χ2v) is 5.30. The number of aromatic nitrogens is 3. The highest BCUT2D eigenvalue weighted by Crippen LogP contribution is 2.21. The maximum atomic E-state index is 14.1. The van der Waals surface area contributed by atoms with Crippen LogP contribution in [0.2, 0.25) is 0 Å². The Balaban J connectivity index is 2.51. The average Bonchev–Trinajstić information content (AvgIpc) is 2.50. The molecule has 1 aromatic carbocycles. The minimum absolute atomic E-state index is 0.166. The summed E-state index contributed by atoms with van der Waals surface area (Å²) in [6.45, 7) is 3.15. The predicted octanol–water partition coefficient (Wildman–Crippen LogP) is 2.39. The summed E-state index contributed by atoms with van der Waals surface area (Å²) in [5, 5.41) is -0.166. The molecule has 0 radical (unpaired) electrons. The van der Waals surface area contributed by atoms with Gasteiger partial charge in [0, 0.05) is 5.56 Å². The highest BCUT2D eigenvalue weighted by molar-refractivity contribution is 5.78. The Morgan fingerprint density at radius 3 is 2.65 bits per heavy atom. The highest BCUT2D eigenvalue weighted by Gasteiger charge is 2.19. The number of hydrogen-bond acceptors (Lipinski definition) is 4. The van der Waals surface area contributed by atoms with Gasteiger partial charge in [-0.15, -0.1) is 0 Å². The third kappa shape index (κ3) is 2.39. The standard InChI is InChI=1S/C16H14F2N4O/c1-8-11(18)6-20-7-13(8)22-15(9(2)19)21-12-5-3-4-10(17)14(12)16(22)23/h3-7,9H,19H2,1-2H3/t9-/m0/s1. The molecular formula is C16H14F2N4O. The maximum absolute atomic E-state index is 14.1. The molecule has 0 aliphatic heterocycles. The van der Waals surface area contributed by atoms with Gasteiger partial charge in [0.1, 0.15) is 22.8 Å². The molecule has 2 N–H and O–H groups in total. The van der Waals surface area contributed by atoms with Gasteiger partial charge >= 0.3 is 0 Å². The maximum Gasteiger partial charge on any atom is 0.269 e. The second kappa shape index (κ2) is 5.51. The lowest BCUT2D eigenvalue weighted by atomic mass is 10.2. The van der Waals surface area contributed by atoms with E-state index in [1.165, 1.54) is 31.3 Å². The topological polar surface area (TPSA) is 73.8 Å². The normalized spacial score (nSPS) is 12.6. The zero-order valence-corrected chi connectivity index (χ0v) is 12.5. The molecule has 0 saturated heterocycles. The predicted molar refractivity (Wildman–Crippen MR) is 82.4 cm³/mol. The molecule has 5 nitrogen and oxygen atoms in total. The van der Waals surface area contributed by atoms with Crippen molar-refractivity contribution in [1.82, 2.24) is 14.5 Å². The summed E-state index contributed by atoms with van der Waals surface area (Å²) < 4.78 is 29.0.